The fourth-order valence-electron chi connectivity index (χ4n) is 6.69. The molecule has 5 saturated carbocycles. The summed E-state index contributed by atoms with van der Waals surface area (Å²) in [5.74, 6) is 5.48. The first-order valence-corrected chi connectivity index (χ1v) is 10.3. The van der Waals surface area contributed by atoms with Gasteiger partial charge in [0.2, 0.25) is 0 Å². The number of aromatic nitrogens is 3. The van der Waals surface area contributed by atoms with Crippen molar-refractivity contribution in [1.82, 2.24) is 14.8 Å². The van der Waals surface area contributed by atoms with Gasteiger partial charge in [0.05, 0.1) is 0 Å². The van der Waals surface area contributed by atoms with Gasteiger partial charge in [-0.3, -0.25) is 0 Å². The summed E-state index contributed by atoms with van der Waals surface area (Å²) >= 11 is 0. The Hall–Kier alpha value is -1.64. The molecule has 0 unspecified atom stereocenters. The van der Waals surface area contributed by atoms with E-state index in [1.807, 2.05) is 0 Å². The van der Waals surface area contributed by atoms with Gasteiger partial charge in [-0.25, -0.2) is 0 Å². The number of nitrogens with zero attached hydrogens (tertiary/aromatic N) is 3. The van der Waals surface area contributed by atoms with Crippen LogP contribution in [0, 0.1) is 17.8 Å². The van der Waals surface area contributed by atoms with E-state index in [0.29, 0.717) is 11.5 Å². The molecule has 1 heterocycles. The highest BCUT2D eigenvalue weighted by Crippen LogP contribution is 2.61. The average molecular weight is 333 g/mol. The lowest BCUT2D eigenvalue weighted by atomic mass is 9.49. The van der Waals surface area contributed by atoms with Crippen molar-refractivity contribution >= 4 is 0 Å². The second-order valence-electron chi connectivity index (χ2n) is 9.40. The minimum atomic E-state index is 0.360. The summed E-state index contributed by atoms with van der Waals surface area (Å²) in [4.78, 5) is 0. The molecule has 4 bridgehead atoms. The van der Waals surface area contributed by atoms with E-state index in [1.54, 1.807) is 0 Å². The molecule has 0 radical (unpaired) electrons. The molecule has 0 spiro atoms. The number of hydrogen-bond donors (Lipinski definition) is 0. The Labute approximate surface area is 149 Å². The molecule has 5 fully saturated rings. The van der Waals surface area contributed by atoms with Gasteiger partial charge in [0.25, 0.3) is 0 Å². The standard InChI is InChI=1S/C22H27N3/c1-2-4-15(5-3-1)11-20-23-24-21(25(20)19-6-7-19)22-12-16-8-17(13-22)10-18(9-16)14-22/h1-5,16-19H,6-14H2. The maximum absolute atomic E-state index is 4.88. The lowest BCUT2D eigenvalue weighted by Crippen LogP contribution is -2.49. The number of hydrogen-bond acceptors (Lipinski definition) is 2. The first-order valence-electron chi connectivity index (χ1n) is 10.3. The van der Waals surface area contributed by atoms with E-state index in [-0.39, 0.29) is 0 Å². The van der Waals surface area contributed by atoms with Crippen LogP contribution >= 0.6 is 0 Å². The fraction of sp³-hybridized carbons (Fsp3) is 0.636. The Bertz CT molecular complexity index is 752. The van der Waals surface area contributed by atoms with Gasteiger partial charge in [0.15, 0.2) is 0 Å². The molecule has 0 aliphatic heterocycles. The summed E-state index contributed by atoms with van der Waals surface area (Å²) in [6.07, 6.45) is 12.2. The van der Waals surface area contributed by atoms with E-state index < -0.39 is 0 Å². The van der Waals surface area contributed by atoms with Gasteiger partial charge in [0.1, 0.15) is 11.6 Å². The van der Waals surface area contributed by atoms with Crippen LogP contribution in [0.4, 0.5) is 0 Å². The Morgan fingerprint density at radius 2 is 1.52 bits per heavy atom. The van der Waals surface area contributed by atoms with Crippen LogP contribution in [0.15, 0.2) is 30.3 Å². The van der Waals surface area contributed by atoms with Crippen molar-refractivity contribution in [3.63, 3.8) is 0 Å². The van der Waals surface area contributed by atoms with Crippen molar-refractivity contribution in [2.75, 3.05) is 0 Å². The van der Waals surface area contributed by atoms with Crippen LogP contribution in [0.25, 0.3) is 0 Å². The van der Waals surface area contributed by atoms with Gasteiger partial charge >= 0.3 is 0 Å². The lowest BCUT2D eigenvalue weighted by Gasteiger charge is -2.56. The molecule has 0 amide bonds. The monoisotopic (exact) mass is 333 g/mol. The summed E-state index contributed by atoms with van der Waals surface area (Å²) in [5, 5.41) is 9.62. The second-order valence-corrected chi connectivity index (χ2v) is 9.40. The summed E-state index contributed by atoms with van der Waals surface area (Å²) in [6.45, 7) is 0. The summed E-state index contributed by atoms with van der Waals surface area (Å²) in [6, 6.07) is 11.5. The molecular formula is C22H27N3. The Kier molecular flexibility index (Phi) is 3.01. The topological polar surface area (TPSA) is 30.7 Å². The molecule has 1 aromatic carbocycles. The summed E-state index contributed by atoms with van der Waals surface area (Å²) in [7, 11) is 0. The largest absolute Gasteiger partial charge is 0.311 e. The fourth-order valence-corrected chi connectivity index (χ4v) is 6.69. The maximum Gasteiger partial charge on any atom is 0.139 e. The predicted octanol–water partition coefficient (Wildman–Crippen LogP) is 4.67. The van der Waals surface area contributed by atoms with E-state index in [2.05, 4.69) is 34.9 Å². The third-order valence-corrected chi connectivity index (χ3v) is 7.40. The zero-order chi connectivity index (χ0) is 16.4. The van der Waals surface area contributed by atoms with Crippen LogP contribution in [-0.4, -0.2) is 14.8 Å². The van der Waals surface area contributed by atoms with E-state index in [1.165, 1.54) is 68.6 Å². The lowest BCUT2D eigenvalue weighted by molar-refractivity contribution is -0.0112. The smallest absolute Gasteiger partial charge is 0.139 e. The summed E-state index contributed by atoms with van der Waals surface area (Å²) in [5.41, 5.74) is 1.72. The first-order chi connectivity index (χ1) is 12.3. The third-order valence-electron chi connectivity index (χ3n) is 7.40. The molecule has 0 atom stereocenters. The Morgan fingerprint density at radius 3 is 2.12 bits per heavy atom. The number of benzene rings is 1. The molecule has 3 nitrogen and oxygen atoms in total. The maximum atomic E-state index is 4.88. The molecule has 25 heavy (non-hydrogen) atoms. The molecular weight excluding hydrogens is 306 g/mol. The van der Waals surface area contributed by atoms with Gasteiger partial charge in [-0.05, 0) is 74.7 Å². The summed E-state index contributed by atoms with van der Waals surface area (Å²) < 4.78 is 2.60. The first kappa shape index (κ1) is 14.5. The van der Waals surface area contributed by atoms with Crippen molar-refractivity contribution in [2.45, 2.75) is 69.2 Å². The van der Waals surface area contributed by atoms with Crippen molar-refractivity contribution < 1.29 is 0 Å². The zero-order valence-electron chi connectivity index (χ0n) is 14.9. The SMILES string of the molecule is c1ccc(Cc2nnc(C34CC5CC(CC(C5)C3)C4)n2C2CC2)cc1. The van der Waals surface area contributed by atoms with Crippen LogP contribution in [0.5, 0.6) is 0 Å². The van der Waals surface area contributed by atoms with Crippen molar-refractivity contribution in [1.29, 1.82) is 0 Å². The highest BCUT2D eigenvalue weighted by Gasteiger charge is 2.54. The van der Waals surface area contributed by atoms with Gasteiger partial charge in [-0.2, -0.15) is 0 Å². The molecule has 5 aliphatic carbocycles. The second kappa shape index (κ2) is 5.18. The van der Waals surface area contributed by atoms with Crippen molar-refractivity contribution in [3.05, 3.63) is 47.5 Å². The molecule has 7 rings (SSSR count). The minimum Gasteiger partial charge on any atom is -0.311 e. The van der Waals surface area contributed by atoms with Crippen molar-refractivity contribution in [3.8, 4) is 0 Å². The molecule has 0 saturated heterocycles. The quantitative estimate of drug-likeness (QED) is 0.814. The average Bonchev–Trinajstić information content (AvgIpc) is 3.35. The zero-order valence-corrected chi connectivity index (χ0v) is 14.9. The molecule has 2 aromatic rings. The number of rotatable bonds is 4. The van der Waals surface area contributed by atoms with E-state index in [9.17, 15) is 0 Å². The van der Waals surface area contributed by atoms with Crippen LogP contribution in [0.2, 0.25) is 0 Å². The van der Waals surface area contributed by atoms with Crippen LogP contribution in [0.1, 0.15) is 74.6 Å². The Morgan fingerprint density at radius 1 is 0.880 bits per heavy atom. The normalized spacial score (nSPS) is 36.1. The van der Waals surface area contributed by atoms with Crippen LogP contribution < -0.4 is 0 Å². The van der Waals surface area contributed by atoms with E-state index in [4.69, 9.17) is 10.2 Å². The van der Waals surface area contributed by atoms with E-state index in [0.717, 1.165) is 24.2 Å². The highest BCUT2D eigenvalue weighted by molar-refractivity contribution is 5.24. The molecule has 130 valence electrons. The van der Waals surface area contributed by atoms with Gasteiger partial charge < -0.3 is 4.57 Å². The van der Waals surface area contributed by atoms with E-state index >= 15 is 0 Å². The molecule has 5 aliphatic rings. The highest BCUT2D eigenvalue weighted by atomic mass is 15.3. The van der Waals surface area contributed by atoms with Gasteiger partial charge in [-0.1, -0.05) is 30.3 Å². The van der Waals surface area contributed by atoms with Crippen molar-refractivity contribution in [2.24, 2.45) is 17.8 Å². The van der Waals surface area contributed by atoms with Crippen LogP contribution in [0.3, 0.4) is 0 Å². The van der Waals surface area contributed by atoms with Gasteiger partial charge in [0, 0.05) is 17.9 Å². The van der Waals surface area contributed by atoms with Gasteiger partial charge in [-0.15, -0.1) is 10.2 Å². The Balaban J connectivity index is 1.40. The molecule has 3 heteroatoms. The molecule has 1 aromatic heterocycles. The minimum absolute atomic E-state index is 0.360. The van der Waals surface area contributed by atoms with Crippen LogP contribution in [-0.2, 0) is 11.8 Å². The third kappa shape index (κ3) is 2.31. The predicted molar refractivity (Wildman–Crippen MR) is 97.4 cm³/mol. The molecule has 0 N–H and O–H groups in total.